The van der Waals surface area contributed by atoms with Crippen LogP contribution < -0.4 is 10.6 Å². The number of ether oxygens (including phenoxy) is 2. The Labute approximate surface area is 266 Å². The highest BCUT2D eigenvalue weighted by Gasteiger charge is 2.41. The zero-order valence-corrected chi connectivity index (χ0v) is 25.7. The van der Waals surface area contributed by atoms with Gasteiger partial charge in [0.1, 0.15) is 12.1 Å². The molecular formula is C34H38N4O8. The second-order valence-electron chi connectivity index (χ2n) is 12.1. The molecule has 0 spiro atoms. The number of nitrogens with zero attached hydrogens (tertiary/aromatic N) is 2. The van der Waals surface area contributed by atoms with Gasteiger partial charge in [-0.25, -0.2) is 0 Å². The van der Waals surface area contributed by atoms with Crippen LogP contribution in [0.15, 0.2) is 36.4 Å². The monoisotopic (exact) mass is 630 g/mol. The van der Waals surface area contributed by atoms with E-state index in [9.17, 15) is 28.8 Å². The first kappa shape index (κ1) is 31.6. The molecule has 4 aliphatic rings. The summed E-state index contributed by atoms with van der Waals surface area (Å²) in [6.45, 7) is 2.75. The highest BCUT2D eigenvalue weighted by atomic mass is 16.5. The smallest absolute Gasteiger partial charge is 0.255 e. The number of rotatable bonds is 13. The molecule has 0 radical (unpaired) electrons. The van der Waals surface area contributed by atoms with Crippen LogP contribution in [0.1, 0.15) is 81.5 Å². The normalized spacial score (nSPS) is 21.0. The van der Waals surface area contributed by atoms with E-state index in [2.05, 4.69) is 10.6 Å². The maximum absolute atomic E-state index is 13.0. The van der Waals surface area contributed by atoms with E-state index in [0.29, 0.717) is 63.5 Å². The van der Waals surface area contributed by atoms with Crippen molar-refractivity contribution in [2.45, 2.75) is 76.5 Å². The van der Waals surface area contributed by atoms with Crippen molar-refractivity contribution in [2.75, 3.05) is 26.4 Å². The molecule has 0 saturated carbocycles. The van der Waals surface area contributed by atoms with Gasteiger partial charge in [0.25, 0.3) is 11.8 Å². The molecule has 6 amide bonds. The van der Waals surface area contributed by atoms with Crippen molar-refractivity contribution in [3.63, 3.8) is 0 Å². The van der Waals surface area contributed by atoms with E-state index in [1.165, 1.54) is 0 Å². The topological polar surface area (TPSA) is 151 Å². The van der Waals surface area contributed by atoms with Gasteiger partial charge in [-0.1, -0.05) is 24.3 Å². The highest BCUT2D eigenvalue weighted by molar-refractivity contribution is 6.06. The number of hydrogen-bond acceptors (Lipinski definition) is 8. The minimum atomic E-state index is -0.623. The third kappa shape index (κ3) is 6.59. The van der Waals surface area contributed by atoms with Crippen LogP contribution in [0.3, 0.4) is 0 Å². The molecule has 12 heteroatoms. The van der Waals surface area contributed by atoms with Gasteiger partial charge in [0, 0.05) is 50.3 Å². The van der Waals surface area contributed by atoms with Gasteiger partial charge in [-0.2, -0.15) is 0 Å². The van der Waals surface area contributed by atoms with Gasteiger partial charge in [0.05, 0.1) is 13.2 Å². The fourth-order valence-electron chi connectivity index (χ4n) is 6.82. The lowest BCUT2D eigenvalue weighted by molar-refractivity contribution is -0.138. The number of hydrogen-bond donors (Lipinski definition) is 2. The molecule has 12 nitrogen and oxygen atoms in total. The summed E-state index contributed by atoms with van der Waals surface area (Å²) in [7, 11) is 0. The summed E-state index contributed by atoms with van der Waals surface area (Å²) < 4.78 is 11.5. The number of fused-ring (bicyclic) bond motifs is 2. The standard InChI is InChI=1S/C34H38N4O8/c39-29-13-11-27(31(41)35-29)37-19-25-21(5-1-9-23(25)33(37)43)7-3-15-45-17-18-46-16-4-8-22-6-2-10-24-26(22)20-38(34(24)44)28-12-14-30(40)36-32(28)42/h1-2,5-6,9-10,27-28H,3-4,7-8,11-20H2,(H,35,39,41)(H,36,40,42). The Bertz CT molecular complexity index is 1460. The molecule has 4 aliphatic heterocycles. The molecule has 0 aromatic heterocycles. The van der Waals surface area contributed by atoms with Crippen molar-refractivity contribution in [1.29, 1.82) is 0 Å². The number of amides is 6. The first-order valence-corrected chi connectivity index (χ1v) is 16.0. The Kier molecular flexibility index (Phi) is 9.55. The average molecular weight is 631 g/mol. The number of aryl methyl sites for hydroxylation is 2. The Balaban J connectivity index is 0.882. The zero-order valence-electron chi connectivity index (χ0n) is 25.7. The Morgan fingerprint density at radius 3 is 1.46 bits per heavy atom. The highest BCUT2D eigenvalue weighted by Crippen LogP contribution is 2.31. The second kappa shape index (κ2) is 13.9. The molecule has 242 valence electrons. The SMILES string of the molecule is O=C1CCC(N2Cc3c(CCCOCCOCCCc4cccc5c4CN(C4CCC(=O)NC4=O)C5=O)cccc3C2=O)C(=O)N1. The van der Waals surface area contributed by atoms with Gasteiger partial charge in [-0.05, 0) is 72.9 Å². The number of benzene rings is 2. The van der Waals surface area contributed by atoms with Crippen LogP contribution in [0.4, 0.5) is 0 Å². The summed E-state index contributed by atoms with van der Waals surface area (Å²) in [6.07, 6.45) is 4.18. The van der Waals surface area contributed by atoms with Gasteiger partial charge in [-0.3, -0.25) is 39.4 Å². The second-order valence-corrected chi connectivity index (χ2v) is 12.1. The lowest BCUT2D eigenvalue weighted by Crippen LogP contribution is -2.52. The minimum Gasteiger partial charge on any atom is -0.379 e. The largest absolute Gasteiger partial charge is 0.379 e. The van der Waals surface area contributed by atoms with E-state index in [-0.39, 0.29) is 36.5 Å². The molecule has 2 saturated heterocycles. The summed E-state index contributed by atoms with van der Waals surface area (Å²) in [5, 5.41) is 4.68. The van der Waals surface area contributed by atoms with Crippen molar-refractivity contribution in [3.8, 4) is 0 Å². The molecule has 0 bridgehead atoms. The van der Waals surface area contributed by atoms with Crippen LogP contribution >= 0.6 is 0 Å². The average Bonchev–Trinajstić information content (AvgIpc) is 3.55. The van der Waals surface area contributed by atoms with Gasteiger partial charge in [-0.15, -0.1) is 0 Å². The fraction of sp³-hybridized carbons (Fsp3) is 0.471. The van der Waals surface area contributed by atoms with Crippen molar-refractivity contribution in [2.24, 2.45) is 0 Å². The summed E-state index contributed by atoms with van der Waals surface area (Å²) in [5.41, 5.74) is 5.25. The molecule has 2 unspecified atom stereocenters. The Morgan fingerprint density at radius 1 is 0.609 bits per heavy atom. The number of imide groups is 2. The molecule has 4 heterocycles. The fourth-order valence-corrected chi connectivity index (χ4v) is 6.82. The van der Waals surface area contributed by atoms with Crippen LogP contribution in [0.5, 0.6) is 0 Å². The molecule has 46 heavy (non-hydrogen) atoms. The van der Waals surface area contributed by atoms with Crippen LogP contribution in [0, 0.1) is 0 Å². The Hall–Kier alpha value is -4.42. The number of nitrogens with one attached hydrogen (secondary N) is 2. The number of carbonyl (C=O) groups is 6. The lowest BCUT2D eigenvalue weighted by atomic mass is 10.00. The quantitative estimate of drug-likeness (QED) is 0.251. The molecular weight excluding hydrogens is 592 g/mol. The maximum atomic E-state index is 13.0. The molecule has 2 N–H and O–H groups in total. The van der Waals surface area contributed by atoms with Gasteiger partial charge < -0.3 is 19.3 Å². The van der Waals surface area contributed by atoms with Crippen molar-refractivity contribution < 1.29 is 38.2 Å². The van der Waals surface area contributed by atoms with Crippen LogP contribution in [-0.2, 0) is 54.6 Å². The van der Waals surface area contributed by atoms with E-state index in [4.69, 9.17) is 9.47 Å². The Morgan fingerprint density at radius 2 is 1.04 bits per heavy atom. The van der Waals surface area contributed by atoms with Gasteiger partial charge >= 0.3 is 0 Å². The van der Waals surface area contributed by atoms with Gasteiger partial charge in [0.2, 0.25) is 23.6 Å². The van der Waals surface area contributed by atoms with E-state index in [0.717, 1.165) is 47.9 Å². The van der Waals surface area contributed by atoms with Crippen molar-refractivity contribution in [3.05, 3.63) is 69.8 Å². The lowest BCUT2D eigenvalue weighted by Gasteiger charge is -2.29. The number of carbonyl (C=O) groups excluding carboxylic acids is 6. The van der Waals surface area contributed by atoms with Crippen LogP contribution in [-0.4, -0.2) is 83.8 Å². The summed E-state index contributed by atoms with van der Waals surface area (Å²) in [4.78, 5) is 76.9. The molecule has 2 fully saturated rings. The first-order chi connectivity index (χ1) is 22.3. The number of piperidine rings is 2. The third-order valence-corrected chi connectivity index (χ3v) is 9.20. The van der Waals surface area contributed by atoms with Gasteiger partial charge in [0.15, 0.2) is 0 Å². The summed E-state index contributed by atoms with van der Waals surface area (Å²) in [6, 6.07) is 10.1. The first-order valence-electron chi connectivity index (χ1n) is 16.0. The van der Waals surface area contributed by atoms with Crippen LogP contribution in [0.2, 0.25) is 0 Å². The van der Waals surface area contributed by atoms with E-state index >= 15 is 0 Å². The minimum absolute atomic E-state index is 0.168. The van der Waals surface area contributed by atoms with E-state index in [1.54, 1.807) is 21.9 Å². The molecule has 2 aromatic carbocycles. The molecule has 0 aliphatic carbocycles. The molecule has 2 aromatic rings. The predicted molar refractivity (Wildman–Crippen MR) is 163 cm³/mol. The zero-order chi connectivity index (χ0) is 32.2. The maximum Gasteiger partial charge on any atom is 0.255 e. The molecule has 6 rings (SSSR count). The summed E-state index contributed by atoms with van der Waals surface area (Å²) in [5.74, 6) is -1.75. The summed E-state index contributed by atoms with van der Waals surface area (Å²) >= 11 is 0. The van der Waals surface area contributed by atoms with E-state index in [1.807, 2.05) is 24.3 Å². The van der Waals surface area contributed by atoms with E-state index < -0.39 is 23.9 Å². The van der Waals surface area contributed by atoms with Crippen LogP contribution in [0.25, 0.3) is 0 Å². The van der Waals surface area contributed by atoms with Crippen molar-refractivity contribution in [1.82, 2.24) is 20.4 Å². The third-order valence-electron chi connectivity index (χ3n) is 9.20. The van der Waals surface area contributed by atoms with Crippen molar-refractivity contribution >= 4 is 35.4 Å². The predicted octanol–water partition coefficient (Wildman–Crippen LogP) is 1.81. The molecule has 2 atom stereocenters.